The number of nitrogens with one attached hydrogen (secondary N) is 1. The molecule has 1 aromatic heterocycles. The monoisotopic (exact) mass is 572 g/mol. The fraction of sp³-hybridized carbons (Fsp3) is 0.706. The lowest BCUT2D eigenvalue weighted by Gasteiger charge is -2.36. The minimum atomic E-state index is 0. The average Bonchev–Trinajstić information content (AvgIpc) is 2.66. The molecule has 0 spiro atoms. The van der Waals surface area contributed by atoms with Crippen LogP contribution in [0.2, 0.25) is 0 Å². The molecule has 0 atom stereocenters. The minimum absolute atomic E-state index is 0. The van der Waals surface area contributed by atoms with Crippen LogP contribution in [0.25, 0.3) is 0 Å². The number of aliphatic imine (C=N–C) groups is 1. The summed E-state index contributed by atoms with van der Waals surface area (Å²) in [5.41, 5.74) is 0. The van der Waals surface area contributed by atoms with E-state index in [0.29, 0.717) is 11.8 Å². The van der Waals surface area contributed by atoms with Crippen LogP contribution in [0.3, 0.4) is 0 Å². The maximum atomic E-state index is 5.28. The van der Waals surface area contributed by atoms with Crippen molar-refractivity contribution in [1.29, 1.82) is 0 Å². The number of hydrogen-bond acceptors (Lipinski definition) is 6. The zero-order valence-corrected chi connectivity index (χ0v) is 21.4. The largest absolute Gasteiger partial charge is 0.480 e. The van der Waals surface area contributed by atoms with Crippen molar-refractivity contribution in [3.05, 3.63) is 10.7 Å². The molecule has 0 bridgehead atoms. The molecule has 0 unspecified atom stereocenters. The number of nitrogens with zero attached hydrogens (tertiary/aromatic N) is 5. The highest BCUT2D eigenvalue weighted by Crippen LogP contribution is 2.24. The van der Waals surface area contributed by atoms with Crippen LogP contribution in [0.1, 0.15) is 20.8 Å². The molecule has 0 aliphatic carbocycles. The first kappa shape index (κ1) is 24.5. The topological polar surface area (TPSA) is 65.9 Å². The van der Waals surface area contributed by atoms with Gasteiger partial charge in [-0.1, -0.05) is 0 Å². The Morgan fingerprint density at radius 3 is 2.59 bits per heavy atom. The normalized spacial score (nSPS) is 15.4. The van der Waals surface area contributed by atoms with Gasteiger partial charge in [-0.05, 0) is 43.0 Å². The zero-order chi connectivity index (χ0) is 19.2. The van der Waals surface area contributed by atoms with Gasteiger partial charge >= 0.3 is 0 Å². The van der Waals surface area contributed by atoms with E-state index in [0.717, 1.165) is 49.7 Å². The van der Waals surface area contributed by atoms with Crippen LogP contribution in [-0.4, -0.2) is 78.2 Å². The van der Waals surface area contributed by atoms with Gasteiger partial charge in [-0.25, -0.2) is 4.98 Å². The molecule has 154 valence electrons. The van der Waals surface area contributed by atoms with Crippen molar-refractivity contribution in [2.45, 2.75) is 25.5 Å². The van der Waals surface area contributed by atoms with Crippen LogP contribution in [0.15, 0.2) is 15.7 Å². The van der Waals surface area contributed by atoms with Crippen LogP contribution in [0, 0.1) is 0 Å². The predicted octanol–water partition coefficient (Wildman–Crippen LogP) is 3.09. The smallest absolute Gasteiger partial charge is 0.232 e. The summed E-state index contributed by atoms with van der Waals surface area (Å²) in [6.07, 6.45) is 3.87. The van der Waals surface area contributed by atoms with E-state index in [2.05, 4.69) is 68.0 Å². The van der Waals surface area contributed by atoms with E-state index in [1.807, 2.05) is 11.8 Å². The lowest BCUT2D eigenvalue weighted by molar-refractivity contribution is 0.366. The summed E-state index contributed by atoms with van der Waals surface area (Å²) in [4.78, 5) is 18.2. The molecule has 2 rings (SSSR count). The molecule has 0 saturated carbocycles. The first-order valence-corrected chi connectivity index (χ1v) is 10.8. The Bertz CT molecular complexity index is 625. The van der Waals surface area contributed by atoms with Crippen molar-refractivity contribution in [3.63, 3.8) is 0 Å². The number of piperazine rings is 1. The van der Waals surface area contributed by atoms with Crippen LogP contribution in [-0.2, 0) is 0 Å². The van der Waals surface area contributed by atoms with E-state index in [-0.39, 0.29) is 28.7 Å². The predicted molar refractivity (Wildman–Crippen MR) is 129 cm³/mol. The zero-order valence-electron chi connectivity index (χ0n) is 16.7. The molecule has 1 fully saturated rings. The molecule has 7 nitrogen and oxygen atoms in total. The lowest BCUT2D eigenvalue weighted by atomic mass is 10.2. The SMILES string of the molecule is CCNC(=NCC(C)(C)SC)N1CCN(c2ncc(Br)c(OC)n2)CC1.I. The Balaban J connectivity index is 0.00000364. The Hall–Kier alpha value is -0.490. The highest BCUT2D eigenvalue weighted by Gasteiger charge is 2.23. The van der Waals surface area contributed by atoms with Gasteiger partial charge in [0.25, 0.3) is 0 Å². The van der Waals surface area contributed by atoms with Crippen molar-refractivity contribution in [3.8, 4) is 5.88 Å². The second kappa shape index (κ2) is 11.5. The summed E-state index contributed by atoms with van der Waals surface area (Å²) >= 11 is 5.24. The molecule has 1 aliphatic rings. The standard InChI is InChI=1S/C17H29BrN6OS.HI/c1-6-19-15(21-12-17(2,3)26-5)23-7-9-24(10-8-23)16-20-11-13(18)14(22-16)25-4;/h11H,6-10,12H2,1-5H3,(H,19,21);1H. The first-order chi connectivity index (χ1) is 12.4. The summed E-state index contributed by atoms with van der Waals surface area (Å²) in [6.45, 7) is 11.7. The Kier molecular flexibility index (Phi) is 10.5. The molecule has 1 N–H and O–H groups in total. The number of rotatable bonds is 6. The summed E-state index contributed by atoms with van der Waals surface area (Å²) in [7, 11) is 1.62. The molecular weight excluding hydrogens is 543 g/mol. The molecule has 1 aliphatic heterocycles. The minimum Gasteiger partial charge on any atom is -0.480 e. The molecular formula is C17H30BrIN6OS. The molecule has 0 aromatic carbocycles. The van der Waals surface area contributed by atoms with Gasteiger partial charge in [-0.2, -0.15) is 16.7 Å². The van der Waals surface area contributed by atoms with Gasteiger partial charge in [0.05, 0.1) is 24.3 Å². The fourth-order valence-corrected chi connectivity index (χ4v) is 3.06. The summed E-state index contributed by atoms with van der Waals surface area (Å²) < 4.78 is 6.18. The quantitative estimate of drug-likeness (QED) is 0.319. The van der Waals surface area contributed by atoms with Gasteiger partial charge < -0.3 is 19.9 Å². The van der Waals surface area contributed by atoms with Gasteiger partial charge in [-0.3, -0.25) is 4.99 Å². The van der Waals surface area contributed by atoms with Crippen LogP contribution < -0.4 is 15.0 Å². The van der Waals surface area contributed by atoms with E-state index >= 15 is 0 Å². The van der Waals surface area contributed by atoms with Crippen molar-refractivity contribution >= 4 is 63.6 Å². The second-order valence-electron chi connectivity index (χ2n) is 6.64. The van der Waals surface area contributed by atoms with Gasteiger partial charge in [0.15, 0.2) is 5.96 Å². The van der Waals surface area contributed by atoms with Crippen LogP contribution in [0.4, 0.5) is 5.95 Å². The number of hydrogen-bond donors (Lipinski definition) is 1. The lowest BCUT2D eigenvalue weighted by Crippen LogP contribution is -2.53. The number of guanidine groups is 1. The molecule has 10 heteroatoms. The first-order valence-electron chi connectivity index (χ1n) is 8.80. The van der Waals surface area contributed by atoms with Crippen molar-refractivity contribution in [1.82, 2.24) is 20.2 Å². The maximum absolute atomic E-state index is 5.28. The molecule has 1 aromatic rings. The number of methoxy groups -OCH3 is 1. The second-order valence-corrected chi connectivity index (χ2v) is 9.00. The average molecular weight is 573 g/mol. The molecule has 1 saturated heterocycles. The summed E-state index contributed by atoms with van der Waals surface area (Å²) in [5.74, 6) is 2.25. The van der Waals surface area contributed by atoms with Crippen molar-refractivity contribution < 1.29 is 4.74 Å². The number of aromatic nitrogens is 2. The van der Waals surface area contributed by atoms with E-state index in [1.54, 1.807) is 13.3 Å². The molecule has 0 radical (unpaired) electrons. The number of ether oxygens (including phenoxy) is 1. The number of halogens is 2. The van der Waals surface area contributed by atoms with Gasteiger partial charge in [0.2, 0.25) is 11.8 Å². The summed E-state index contributed by atoms with van der Waals surface area (Å²) in [5, 5.41) is 3.42. The van der Waals surface area contributed by atoms with Crippen LogP contribution in [0.5, 0.6) is 5.88 Å². The third-order valence-corrected chi connectivity index (χ3v) is 6.03. The maximum Gasteiger partial charge on any atom is 0.232 e. The third-order valence-electron chi connectivity index (χ3n) is 4.25. The van der Waals surface area contributed by atoms with Crippen molar-refractivity contribution in [2.24, 2.45) is 4.99 Å². The number of thioether (sulfide) groups is 1. The molecule has 27 heavy (non-hydrogen) atoms. The van der Waals surface area contributed by atoms with Gasteiger partial charge in [-0.15, -0.1) is 24.0 Å². The van der Waals surface area contributed by atoms with Gasteiger partial charge in [0.1, 0.15) is 0 Å². The third kappa shape index (κ3) is 7.12. The number of anilines is 1. The van der Waals surface area contributed by atoms with Gasteiger partial charge in [0, 0.05) is 37.5 Å². The van der Waals surface area contributed by atoms with Crippen molar-refractivity contribution in [2.75, 3.05) is 57.5 Å². The Morgan fingerprint density at radius 1 is 1.37 bits per heavy atom. The molecule has 2 heterocycles. The Morgan fingerprint density at radius 2 is 2.04 bits per heavy atom. The summed E-state index contributed by atoms with van der Waals surface area (Å²) in [6, 6.07) is 0. The van der Waals surface area contributed by atoms with Crippen LogP contribution >= 0.6 is 51.7 Å². The highest BCUT2D eigenvalue weighted by molar-refractivity contribution is 14.0. The van der Waals surface area contributed by atoms with E-state index < -0.39 is 0 Å². The van der Waals surface area contributed by atoms with E-state index in [1.165, 1.54) is 0 Å². The molecule has 0 amide bonds. The fourth-order valence-electron chi connectivity index (χ4n) is 2.51. The van der Waals surface area contributed by atoms with E-state index in [4.69, 9.17) is 9.73 Å². The van der Waals surface area contributed by atoms with E-state index in [9.17, 15) is 0 Å². The highest BCUT2D eigenvalue weighted by atomic mass is 127. The Labute approximate surface area is 192 Å².